The SMILES string of the molecule is O=C(Cn1cncn1)N[C@@H]1CCCc2nc(-c3ccccc3)ncc21. The monoisotopic (exact) mass is 334 g/mol. The highest BCUT2D eigenvalue weighted by Crippen LogP contribution is 2.29. The standard InChI is InChI=1S/C18H18N6O/c25-17(10-24-12-19-11-21-24)22-15-7-4-8-16-14(15)9-20-18(23-16)13-5-2-1-3-6-13/h1-3,5-6,9,11-12,15H,4,7-8,10H2,(H,22,25)/t15-/m1/s1. The van der Waals surface area contributed by atoms with Crippen LogP contribution in [0, 0.1) is 0 Å². The Hall–Kier alpha value is -3.09. The van der Waals surface area contributed by atoms with Gasteiger partial charge >= 0.3 is 0 Å². The van der Waals surface area contributed by atoms with E-state index in [1.807, 2.05) is 36.5 Å². The Bertz CT molecular complexity index is 863. The summed E-state index contributed by atoms with van der Waals surface area (Å²) in [4.78, 5) is 25.3. The fraction of sp³-hybridized carbons (Fsp3) is 0.278. The second kappa shape index (κ2) is 6.80. The quantitative estimate of drug-likeness (QED) is 0.788. The lowest BCUT2D eigenvalue weighted by Crippen LogP contribution is -2.34. The molecule has 1 aliphatic carbocycles. The van der Waals surface area contributed by atoms with Gasteiger partial charge in [0.2, 0.25) is 5.91 Å². The van der Waals surface area contributed by atoms with Gasteiger partial charge in [-0.3, -0.25) is 4.79 Å². The molecule has 1 atom stereocenters. The number of carbonyl (C=O) groups excluding carboxylic acids is 1. The summed E-state index contributed by atoms with van der Waals surface area (Å²) in [5.41, 5.74) is 3.03. The molecular formula is C18H18N6O. The summed E-state index contributed by atoms with van der Waals surface area (Å²) in [7, 11) is 0. The maximum atomic E-state index is 12.2. The smallest absolute Gasteiger partial charge is 0.242 e. The zero-order chi connectivity index (χ0) is 17.1. The van der Waals surface area contributed by atoms with Gasteiger partial charge in [0.15, 0.2) is 5.82 Å². The fourth-order valence-corrected chi connectivity index (χ4v) is 3.12. The van der Waals surface area contributed by atoms with Crippen LogP contribution in [0.2, 0.25) is 0 Å². The number of hydrogen-bond acceptors (Lipinski definition) is 5. The number of benzene rings is 1. The Kier molecular flexibility index (Phi) is 4.20. The molecule has 0 aliphatic heterocycles. The Balaban J connectivity index is 1.53. The average Bonchev–Trinajstić information content (AvgIpc) is 3.15. The van der Waals surface area contributed by atoms with Crippen molar-refractivity contribution in [3.63, 3.8) is 0 Å². The van der Waals surface area contributed by atoms with E-state index in [-0.39, 0.29) is 18.5 Å². The zero-order valence-electron chi connectivity index (χ0n) is 13.7. The molecule has 126 valence electrons. The molecule has 2 heterocycles. The van der Waals surface area contributed by atoms with Crippen LogP contribution in [-0.4, -0.2) is 30.6 Å². The highest BCUT2D eigenvalue weighted by Gasteiger charge is 2.24. The summed E-state index contributed by atoms with van der Waals surface area (Å²) in [5, 5.41) is 7.02. The Labute approximate surface area is 145 Å². The predicted molar refractivity (Wildman–Crippen MR) is 91.3 cm³/mol. The lowest BCUT2D eigenvalue weighted by Gasteiger charge is -2.25. The first-order valence-corrected chi connectivity index (χ1v) is 8.32. The summed E-state index contributed by atoms with van der Waals surface area (Å²) in [6.07, 6.45) is 7.60. The van der Waals surface area contributed by atoms with Gasteiger partial charge in [-0.05, 0) is 19.3 Å². The number of fused-ring (bicyclic) bond motifs is 1. The lowest BCUT2D eigenvalue weighted by molar-refractivity contribution is -0.122. The Morgan fingerprint density at radius 1 is 1.28 bits per heavy atom. The molecule has 1 aliphatic rings. The Morgan fingerprint density at radius 2 is 2.16 bits per heavy atom. The highest BCUT2D eigenvalue weighted by molar-refractivity contribution is 5.76. The summed E-state index contributed by atoms with van der Waals surface area (Å²) in [5.74, 6) is 0.643. The first kappa shape index (κ1) is 15.4. The van der Waals surface area contributed by atoms with Crippen molar-refractivity contribution in [3.05, 3.63) is 60.4 Å². The molecule has 1 aromatic carbocycles. The lowest BCUT2D eigenvalue weighted by atomic mass is 9.92. The summed E-state index contributed by atoms with van der Waals surface area (Å²) < 4.78 is 1.51. The third-order valence-electron chi connectivity index (χ3n) is 4.32. The van der Waals surface area contributed by atoms with E-state index in [0.717, 1.165) is 41.9 Å². The minimum absolute atomic E-state index is 0.0513. The molecule has 3 aromatic rings. The second-order valence-corrected chi connectivity index (χ2v) is 6.07. The van der Waals surface area contributed by atoms with Gasteiger partial charge in [0.05, 0.1) is 6.04 Å². The van der Waals surface area contributed by atoms with Crippen molar-refractivity contribution in [2.75, 3.05) is 0 Å². The van der Waals surface area contributed by atoms with Gasteiger partial charge < -0.3 is 5.32 Å². The summed E-state index contributed by atoms with van der Waals surface area (Å²) >= 11 is 0. The molecule has 0 fully saturated rings. The maximum absolute atomic E-state index is 12.2. The van der Waals surface area contributed by atoms with E-state index < -0.39 is 0 Å². The van der Waals surface area contributed by atoms with Crippen LogP contribution in [0.25, 0.3) is 11.4 Å². The van der Waals surface area contributed by atoms with Crippen LogP contribution in [0.15, 0.2) is 49.2 Å². The number of carbonyl (C=O) groups is 1. The van der Waals surface area contributed by atoms with Crippen molar-refractivity contribution in [2.45, 2.75) is 31.8 Å². The van der Waals surface area contributed by atoms with Gasteiger partial charge in [0, 0.05) is 23.0 Å². The summed E-state index contributed by atoms with van der Waals surface area (Å²) in [6.45, 7) is 0.161. The molecule has 25 heavy (non-hydrogen) atoms. The minimum atomic E-state index is -0.0875. The van der Waals surface area contributed by atoms with E-state index in [4.69, 9.17) is 4.98 Å². The van der Waals surface area contributed by atoms with E-state index in [2.05, 4.69) is 20.4 Å². The largest absolute Gasteiger partial charge is 0.348 e. The molecule has 0 unspecified atom stereocenters. The van der Waals surface area contributed by atoms with Crippen molar-refractivity contribution >= 4 is 5.91 Å². The van der Waals surface area contributed by atoms with Crippen molar-refractivity contribution < 1.29 is 4.79 Å². The van der Waals surface area contributed by atoms with Crippen LogP contribution in [0.1, 0.15) is 30.1 Å². The van der Waals surface area contributed by atoms with Crippen LogP contribution in [0.5, 0.6) is 0 Å². The molecule has 0 bridgehead atoms. The van der Waals surface area contributed by atoms with Crippen LogP contribution >= 0.6 is 0 Å². The van der Waals surface area contributed by atoms with Crippen LogP contribution < -0.4 is 5.32 Å². The van der Waals surface area contributed by atoms with Crippen LogP contribution in [-0.2, 0) is 17.8 Å². The number of nitrogens with zero attached hydrogens (tertiary/aromatic N) is 5. The van der Waals surface area contributed by atoms with Crippen molar-refractivity contribution in [1.82, 2.24) is 30.0 Å². The number of amides is 1. The van der Waals surface area contributed by atoms with Gasteiger partial charge in [0.1, 0.15) is 19.2 Å². The third-order valence-corrected chi connectivity index (χ3v) is 4.32. The van der Waals surface area contributed by atoms with E-state index in [0.29, 0.717) is 0 Å². The first-order valence-electron chi connectivity index (χ1n) is 8.32. The van der Waals surface area contributed by atoms with Gasteiger partial charge in [-0.1, -0.05) is 30.3 Å². The number of nitrogens with one attached hydrogen (secondary N) is 1. The molecule has 1 N–H and O–H groups in total. The molecule has 2 aromatic heterocycles. The van der Waals surface area contributed by atoms with Gasteiger partial charge in [-0.15, -0.1) is 0 Å². The summed E-state index contributed by atoms with van der Waals surface area (Å²) in [6, 6.07) is 9.88. The van der Waals surface area contributed by atoms with Gasteiger partial charge in [-0.2, -0.15) is 5.10 Å². The topological polar surface area (TPSA) is 85.6 Å². The van der Waals surface area contributed by atoms with E-state index in [1.165, 1.54) is 17.3 Å². The molecule has 0 saturated heterocycles. The van der Waals surface area contributed by atoms with Crippen molar-refractivity contribution in [3.8, 4) is 11.4 Å². The number of aryl methyl sites for hydroxylation is 1. The van der Waals surface area contributed by atoms with Gasteiger partial charge in [-0.25, -0.2) is 19.6 Å². The molecule has 0 radical (unpaired) electrons. The van der Waals surface area contributed by atoms with Crippen molar-refractivity contribution in [2.24, 2.45) is 0 Å². The molecule has 1 amide bonds. The number of aromatic nitrogens is 5. The normalized spacial score (nSPS) is 16.2. The highest BCUT2D eigenvalue weighted by atomic mass is 16.2. The molecule has 7 nitrogen and oxygen atoms in total. The van der Waals surface area contributed by atoms with E-state index >= 15 is 0 Å². The maximum Gasteiger partial charge on any atom is 0.242 e. The molecule has 7 heteroatoms. The first-order chi connectivity index (χ1) is 12.3. The molecule has 0 saturated carbocycles. The van der Waals surface area contributed by atoms with Crippen molar-refractivity contribution in [1.29, 1.82) is 0 Å². The Morgan fingerprint density at radius 3 is 2.96 bits per heavy atom. The molecule has 0 spiro atoms. The predicted octanol–water partition coefficient (Wildman–Crippen LogP) is 1.93. The van der Waals surface area contributed by atoms with E-state index in [9.17, 15) is 4.79 Å². The van der Waals surface area contributed by atoms with Crippen LogP contribution in [0.3, 0.4) is 0 Å². The molecule has 4 rings (SSSR count). The molecular weight excluding hydrogens is 316 g/mol. The average molecular weight is 334 g/mol. The van der Waals surface area contributed by atoms with Crippen LogP contribution in [0.4, 0.5) is 0 Å². The van der Waals surface area contributed by atoms with Gasteiger partial charge in [0.25, 0.3) is 0 Å². The third kappa shape index (κ3) is 3.40. The number of hydrogen-bond donors (Lipinski definition) is 1. The number of rotatable bonds is 4. The van der Waals surface area contributed by atoms with E-state index in [1.54, 1.807) is 0 Å². The second-order valence-electron chi connectivity index (χ2n) is 6.07. The zero-order valence-corrected chi connectivity index (χ0v) is 13.7. The fourth-order valence-electron chi connectivity index (χ4n) is 3.12. The minimum Gasteiger partial charge on any atom is -0.348 e.